The van der Waals surface area contributed by atoms with Crippen LogP contribution in [-0.2, 0) is 6.54 Å². The maximum atomic E-state index is 11.1. The highest BCUT2D eigenvalue weighted by molar-refractivity contribution is 5.90. The number of nitro groups is 1. The van der Waals surface area contributed by atoms with Crippen LogP contribution in [0, 0.1) is 10.1 Å². The van der Waals surface area contributed by atoms with Gasteiger partial charge in [0.05, 0.1) is 22.2 Å². The van der Waals surface area contributed by atoms with Crippen LogP contribution in [0.15, 0.2) is 30.6 Å². The molecule has 1 N–H and O–H groups in total. The van der Waals surface area contributed by atoms with Crippen LogP contribution in [0.2, 0.25) is 0 Å². The Bertz CT molecular complexity index is 663. The minimum atomic E-state index is -1.19. The number of aromatic nitrogens is 2. The van der Waals surface area contributed by atoms with Gasteiger partial charge in [-0.1, -0.05) is 6.92 Å². The first-order valence-electron chi connectivity index (χ1n) is 6.07. The van der Waals surface area contributed by atoms with Crippen molar-refractivity contribution in [3.8, 4) is 11.1 Å². The summed E-state index contributed by atoms with van der Waals surface area (Å²) in [6.07, 6.45) is 4.16. The molecule has 0 radical (unpaired) electrons. The van der Waals surface area contributed by atoms with Gasteiger partial charge in [-0.25, -0.2) is 4.79 Å². The van der Waals surface area contributed by atoms with Gasteiger partial charge >= 0.3 is 5.97 Å². The van der Waals surface area contributed by atoms with Crippen molar-refractivity contribution in [3.63, 3.8) is 0 Å². The monoisotopic (exact) mass is 275 g/mol. The molecule has 0 spiro atoms. The van der Waals surface area contributed by atoms with Crippen molar-refractivity contribution in [2.75, 3.05) is 0 Å². The second-order valence-corrected chi connectivity index (χ2v) is 4.29. The molecule has 0 aliphatic carbocycles. The van der Waals surface area contributed by atoms with Crippen molar-refractivity contribution in [1.82, 2.24) is 9.78 Å². The Balaban J connectivity index is 2.49. The van der Waals surface area contributed by atoms with E-state index in [1.165, 1.54) is 12.1 Å². The molecule has 7 nitrogen and oxygen atoms in total. The molecule has 0 fully saturated rings. The number of nitrogens with zero attached hydrogens (tertiary/aromatic N) is 3. The molecule has 0 unspecified atom stereocenters. The summed E-state index contributed by atoms with van der Waals surface area (Å²) in [6.45, 7) is 2.73. The van der Waals surface area contributed by atoms with Crippen molar-refractivity contribution in [2.45, 2.75) is 19.9 Å². The van der Waals surface area contributed by atoms with Crippen LogP contribution in [0.1, 0.15) is 23.7 Å². The van der Waals surface area contributed by atoms with Gasteiger partial charge in [-0.3, -0.25) is 14.8 Å². The molecule has 0 aliphatic heterocycles. The first kappa shape index (κ1) is 13.7. The van der Waals surface area contributed by atoms with E-state index in [-0.39, 0.29) is 11.3 Å². The van der Waals surface area contributed by atoms with E-state index in [1.807, 2.05) is 6.92 Å². The number of aryl methyl sites for hydroxylation is 1. The fraction of sp³-hybridized carbons (Fsp3) is 0.231. The topological polar surface area (TPSA) is 98.3 Å². The Labute approximate surface area is 114 Å². The highest BCUT2D eigenvalue weighted by Gasteiger charge is 2.19. The van der Waals surface area contributed by atoms with Gasteiger partial charge in [0.2, 0.25) is 0 Å². The zero-order valence-corrected chi connectivity index (χ0v) is 10.8. The number of benzene rings is 1. The van der Waals surface area contributed by atoms with Crippen molar-refractivity contribution in [3.05, 3.63) is 46.3 Å². The smallest absolute Gasteiger partial charge is 0.335 e. The van der Waals surface area contributed by atoms with Crippen LogP contribution in [0.5, 0.6) is 0 Å². The average Bonchev–Trinajstić information content (AvgIpc) is 2.86. The highest BCUT2D eigenvalue weighted by atomic mass is 16.6. The van der Waals surface area contributed by atoms with Crippen molar-refractivity contribution in [1.29, 1.82) is 0 Å². The predicted molar refractivity (Wildman–Crippen MR) is 71.6 cm³/mol. The summed E-state index contributed by atoms with van der Waals surface area (Å²) in [4.78, 5) is 21.4. The van der Waals surface area contributed by atoms with E-state index in [9.17, 15) is 14.9 Å². The fourth-order valence-electron chi connectivity index (χ4n) is 1.91. The minimum absolute atomic E-state index is 0.110. The Hall–Kier alpha value is -2.70. The third-order valence-electron chi connectivity index (χ3n) is 2.84. The summed E-state index contributed by atoms with van der Waals surface area (Å²) >= 11 is 0. The molecule has 1 heterocycles. The predicted octanol–water partition coefficient (Wildman–Crippen LogP) is 2.57. The zero-order valence-electron chi connectivity index (χ0n) is 10.8. The second-order valence-electron chi connectivity index (χ2n) is 4.29. The van der Waals surface area contributed by atoms with E-state index in [0.717, 1.165) is 19.0 Å². The number of carbonyl (C=O) groups is 1. The lowest BCUT2D eigenvalue weighted by atomic mass is 10.0. The molecule has 2 aromatic rings. The number of rotatable bonds is 5. The normalized spacial score (nSPS) is 10.4. The quantitative estimate of drug-likeness (QED) is 0.667. The summed E-state index contributed by atoms with van der Waals surface area (Å²) < 4.78 is 1.70. The summed E-state index contributed by atoms with van der Waals surface area (Å²) in [7, 11) is 0. The molecule has 0 saturated heterocycles. The van der Waals surface area contributed by atoms with Gasteiger partial charge in [-0.2, -0.15) is 5.10 Å². The fourth-order valence-corrected chi connectivity index (χ4v) is 1.91. The van der Waals surface area contributed by atoms with Gasteiger partial charge in [0.25, 0.3) is 5.69 Å². The van der Waals surface area contributed by atoms with E-state index in [2.05, 4.69) is 5.10 Å². The zero-order chi connectivity index (χ0) is 14.7. The summed E-state index contributed by atoms with van der Waals surface area (Å²) in [5, 5.41) is 24.1. The lowest BCUT2D eigenvalue weighted by Gasteiger charge is -2.02. The van der Waals surface area contributed by atoms with Crippen LogP contribution < -0.4 is 0 Å². The minimum Gasteiger partial charge on any atom is -0.478 e. The lowest BCUT2D eigenvalue weighted by molar-refractivity contribution is -0.384. The molecule has 0 bridgehead atoms. The number of aromatic carboxylic acids is 1. The molecule has 0 saturated carbocycles. The van der Waals surface area contributed by atoms with Crippen LogP contribution >= 0.6 is 0 Å². The largest absolute Gasteiger partial charge is 0.478 e. The molecular formula is C13H13N3O4. The molecule has 20 heavy (non-hydrogen) atoms. The van der Waals surface area contributed by atoms with Crippen molar-refractivity contribution >= 4 is 11.7 Å². The van der Waals surface area contributed by atoms with Gasteiger partial charge in [0, 0.05) is 24.4 Å². The van der Waals surface area contributed by atoms with E-state index in [4.69, 9.17) is 5.11 Å². The Kier molecular flexibility index (Phi) is 3.79. The average molecular weight is 275 g/mol. The van der Waals surface area contributed by atoms with Crippen LogP contribution in [0.4, 0.5) is 5.69 Å². The third-order valence-corrected chi connectivity index (χ3v) is 2.84. The Morgan fingerprint density at radius 1 is 1.50 bits per heavy atom. The Morgan fingerprint density at radius 2 is 2.25 bits per heavy atom. The first-order valence-corrected chi connectivity index (χ1v) is 6.07. The van der Waals surface area contributed by atoms with E-state index < -0.39 is 10.9 Å². The maximum Gasteiger partial charge on any atom is 0.335 e. The summed E-state index contributed by atoms with van der Waals surface area (Å²) in [5.74, 6) is -1.19. The molecule has 104 valence electrons. The van der Waals surface area contributed by atoms with Gasteiger partial charge in [0.15, 0.2) is 0 Å². The number of carboxylic acids is 1. The van der Waals surface area contributed by atoms with Crippen molar-refractivity contribution in [2.24, 2.45) is 0 Å². The highest BCUT2D eigenvalue weighted by Crippen LogP contribution is 2.30. The Morgan fingerprint density at radius 3 is 2.85 bits per heavy atom. The van der Waals surface area contributed by atoms with Crippen LogP contribution in [0.25, 0.3) is 11.1 Å². The van der Waals surface area contributed by atoms with Gasteiger partial charge < -0.3 is 5.11 Å². The first-order chi connectivity index (χ1) is 9.52. The van der Waals surface area contributed by atoms with Gasteiger partial charge in [0.1, 0.15) is 0 Å². The molecular weight excluding hydrogens is 262 g/mol. The summed E-state index contributed by atoms with van der Waals surface area (Å²) in [5.41, 5.74) is 0.617. The summed E-state index contributed by atoms with van der Waals surface area (Å²) in [6, 6.07) is 3.85. The van der Waals surface area contributed by atoms with Crippen LogP contribution in [-0.4, -0.2) is 25.8 Å². The standard InChI is InChI=1S/C13H13N3O4/c1-2-5-15-8-10(7-14-15)11-4-3-9(13(17)18)6-12(11)16(19)20/h3-4,6-8H,2,5H2,1H3,(H,17,18). The van der Waals surface area contributed by atoms with E-state index in [1.54, 1.807) is 17.1 Å². The molecule has 0 amide bonds. The molecule has 0 atom stereocenters. The van der Waals surface area contributed by atoms with E-state index >= 15 is 0 Å². The number of hydrogen-bond donors (Lipinski definition) is 1. The lowest BCUT2D eigenvalue weighted by Crippen LogP contribution is -1.99. The van der Waals surface area contributed by atoms with Crippen LogP contribution in [0.3, 0.4) is 0 Å². The number of nitro benzene ring substituents is 1. The number of hydrogen-bond acceptors (Lipinski definition) is 4. The second kappa shape index (κ2) is 5.52. The number of carboxylic acid groups (broad SMARTS) is 1. The SMILES string of the molecule is CCCn1cc(-c2ccc(C(=O)O)cc2[N+](=O)[O-])cn1. The molecule has 1 aromatic heterocycles. The van der Waals surface area contributed by atoms with Gasteiger partial charge in [-0.15, -0.1) is 0 Å². The molecule has 2 rings (SSSR count). The molecule has 0 aliphatic rings. The maximum absolute atomic E-state index is 11.1. The molecule has 7 heteroatoms. The van der Waals surface area contributed by atoms with Crippen molar-refractivity contribution < 1.29 is 14.8 Å². The van der Waals surface area contributed by atoms with Gasteiger partial charge in [-0.05, 0) is 18.6 Å². The van der Waals surface area contributed by atoms with E-state index in [0.29, 0.717) is 11.1 Å². The third kappa shape index (κ3) is 2.66. The molecule has 1 aromatic carbocycles.